The summed E-state index contributed by atoms with van der Waals surface area (Å²) in [4.78, 5) is 11.6. The highest BCUT2D eigenvalue weighted by Crippen LogP contribution is 2.12. The summed E-state index contributed by atoms with van der Waals surface area (Å²) < 4.78 is 12.9. The zero-order valence-electron chi connectivity index (χ0n) is 8.60. The second-order valence-electron chi connectivity index (χ2n) is 3.55. The topological polar surface area (TPSA) is 17.1 Å². The Morgan fingerprint density at radius 3 is 2.57 bits per heavy atom. The maximum atomic E-state index is 12.9. The summed E-state index contributed by atoms with van der Waals surface area (Å²) in [6.07, 6.45) is 1.52. The van der Waals surface area contributed by atoms with Gasteiger partial charge in [0.2, 0.25) is 0 Å². The molecule has 0 saturated heterocycles. The van der Waals surface area contributed by atoms with Gasteiger partial charge in [0.05, 0.1) is 0 Å². The van der Waals surface area contributed by atoms with Crippen LogP contribution in [0.4, 0.5) is 4.39 Å². The maximum Gasteiger partial charge on any atom is 0.186 e. The third-order valence-electron chi connectivity index (χ3n) is 1.88. The summed E-state index contributed by atoms with van der Waals surface area (Å²) in [5.41, 5.74) is 2.15. The van der Waals surface area contributed by atoms with Gasteiger partial charge in [0.1, 0.15) is 5.82 Å². The van der Waals surface area contributed by atoms with Crippen molar-refractivity contribution < 1.29 is 9.18 Å². The highest BCUT2D eigenvalue weighted by atomic mass is 19.1. The standard InChI is InChI=1S/C12H13FO/c1-8(2)6-12(14)11-7-10(13)5-4-9(11)3/h4-7H,1-3H3. The monoisotopic (exact) mass is 192 g/mol. The van der Waals surface area contributed by atoms with E-state index < -0.39 is 0 Å². The van der Waals surface area contributed by atoms with Crippen molar-refractivity contribution in [1.82, 2.24) is 0 Å². The average molecular weight is 192 g/mol. The zero-order chi connectivity index (χ0) is 10.7. The fourth-order valence-electron chi connectivity index (χ4n) is 1.20. The molecule has 1 aromatic rings. The molecule has 0 aromatic heterocycles. The van der Waals surface area contributed by atoms with Crippen LogP contribution >= 0.6 is 0 Å². The van der Waals surface area contributed by atoms with Crippen LogP contribution in [0.5, 0.6) is 0 Å². The van der Waals surface area contributed by atoms with Gasteiger partial charge in [-0.2, -0.15) is 0 Å². The summed E-state index contributed by atoms with van der Waals surface area (Å²) >= 11 is 0. The van der Waals surface area contributed by atoms with E-state index in [1.54, 1.807) is 13.0 Å². The zero-order valence-corrected chi connectivity index (χ0v) is 8.60. The third kappa shape index (κ3) is 2.52. The molecular formula is C12H13FO. The van der Waals surface area contributed by atoms with Gasteiger partial charge < -0.3 is 0 Å². The largest absolute Gasteiger partial charge is 0.289 e. The number of benzene rings is 1. The van der Waals surface area contributed by atoms with Crippen LogP contribution in [0.25, 0.3) is 0 Å². The van der Waals surface area contributed by atoms with Crippen molar-refractivity contribution in [2.75, 3.05) is 0 Å². The van der Waals surface area contributed by atoms with Crippen molar-refractivity contribution >= 4 is 5.78 Å². The van der Waals surface area contributed by atoms with Crippen LogP contribution < -0.4 is 0 Å². The van der Waals surface area contributed by atoms with Gasteiger partial charge in [0, 0.05) is 5.56 Å². The van der Waals surface area contributed by atoms with E-state index in [-0.39, 0.29) is 11.6 Å². The first-order valence-corrected chi connectivity index (χ1v) is 4.46. The van der Waals surface area contributed by atoms with Crippen LogP contribution in [0.15, 0.2) is 29.8 Å². The van der Waals surface area contributed by atoms with Gasteiger partial charge in [-0.1, -0.05) is 11.6 Å². The number of carbonyl (C=O) groups excluding carboxylic acids is 1. The molecule has 0 bridgehead atoms. The fourth-order valence-corrected chi connectivity index (χ4v) is 1.20. The molecule has 0 unspecified atom stereocenters. The average Bonchev–Trinajstić information content (AvgIpc) is 2.08. The lowest BCUT2D eigenvalue weighted by molar-refractivity contribution is 0.104. The van der Waals surface area contributed by atoms with Gasteiger partial charge in [-0.25, -0.2) is 4.39 Å². The second-order valence-corrected chi connectivity index (χ2v) is 3.55. The molecule has 1 aromatic carbocycles. The van der Waals surface area contributed by atoms with Crippen molar-refractivity contribution in [3.8, 4) is 0 Å². The maximum absolute atomic E-state index is 12.9. The summed E-state index contributed by atoms with van der Waals surface area (Å²) in [6, 6.07) is 4.24. The number of halogens is 1. The molecule has 74 valence electrons. The lowest BCUT2D eigenvalue weighted by atomic mass is 10.0. The molecule has 0 N–H and O–H groups in total. The lowest BCUT2D eigenvalue weighted by Crippen LogP contribution is -1.99. The van der Waals surface area contributed by atoms with Crippen LogP contribution in [0.3, 0.4) is 0 Å². The Morgan fingerprint density at radius 1 is 1.36 bits per heavy atom. The minimum atomic E-state index is -0.374. The number of hydrogen-bond acceptors (Lipinski definition) is 1. The Hall–Kier alpha value is -1.44. The molecule has 0 radical (unpaired) electrons. The molecule has 1 nitrogen and oxygen atoms in total. The van der Waals surface area contributed by atoms with Crippen LogP contribution in [-0.2, 0) is 0 Å². The molecule has 0 saturated carbocycles. The van der Waals surface area contributed by atoms with Crippen LogP contribution in [-0.4, -0.2) is 5.78 Å². The van der Waals surface area contributed by atoms with Gasteiger partial charge in [-0.3, -0.25) is 4.79 Å². The van der Waals surface area contributed by atoms with Crippen LogP contribution in [0.2, 0.25) is 0 Å². The molecule has 0 fully saturated rings. The molecule has 0 atom stereocenters. The van der Waals surface area contributed by atoms with E-state index in [1.165, 1.54) is 18.2 Å². The predicted octanol–water partition coefficient (Wildman–Crippen LogP) is 3.28. The van der Waals surface area contributed by atoms with Crippen LogP contribution in [0, 0.1) is 12.7 Å². The van der Waals surface area contributed by atoms with E-state index in [0.717, 1.165) is 11.1 Å². The molecule has 1 rings (SSSR count). The van der Waals surface area contributed by atoms with Gasteiger partial charge in [0.15, 0.2) is 5.78 Å². The Morgan fingerprint density at radius 2 is 2.00 bits per heavy atom. The summed E-state index contributed by atoms with van der Waals surface area (Å²) in [5, 5.41) is 0. The minimum Gasteiger partial charge on any atom is -0.289 e. The first-order valence-electron chi connectivity index (χ1n) is 4.46. The number of hydrogen-bond donors (Lipinski definition) is 0. The SMILES string of the molecule is CC(C)=CC(=O)c1cc(F)ccc1C. The molecule has 0 aliphatic heterocycles. The number of ketones is 1. The Kier molecular flexibility index (Phi) is 3.18. The van der Waals surface area contributed by atoms with Crippen molar-refractivity contribution in [1.29, 1.82) is 0 Å². The van der Waals surface area contributed by atoms with E-state index in [4.69, 9.17) is 0 Å². The highest BCUT2D eigenvalue weighted by molar-refractivity contribution is 6.05. The Bertz CT molecular complexity index is 387. The van der Waals surface area contributed by atoms with Crippen molar-refractivity contribution in [3.05, 3.63) is 46.8 Å². The molecule has 0 aliphatic carbocycles. The van der Waals surface area contributed by atoms with E-state index in [9.17, 15) is 9.18 Å². The summed E-state index contributed by atoms with van der Waals surface area (Å²) in [7, 11) is 0. The van der Waals surface area contributed by atoms with E-state index in [1.807, 2.05) is 13.8 Å². The van der Waals surface area contributed by atoms with Gasteiger partial charge in [0.25, 0.3) is 0 Å². The highest BCUT2D eigenvalue weighted by Gasteiger charge is 2.07. The molecule has 0 spiro atoms. The molecule has 0 heterocycles. The fraction of sp³-hybridized carbons (Fsp3) is 0.250. The number of aryl methyl sites for hydroxylation is 1. The number of allylic oxidation sites excluding steroid dienone is 2. The first-order chi connectivity index (χ1) is 6.50. The molecular weight excluding hydrogens is 179 g/mol. The predicted molar refractivity (Wildman–Crippen MR) is 54.9 cm³/mol. The minimum absolute atomic E-state index is 0.137. The first kappa shape index (κ1) is 10.6. The molecule has 0 amide bonds. The summed E-state index contributed by atoms with van der Waals surface area (Å²) in [6.45, 7) is 5.48. The van der Waals surface area contributed by atoms with E-state index in [0.29, 0.717) is 5.56 Å². The normalized spacial score (nSPS) is 9.71. The number of carbonyl (C=O) groups is 1. The second kappa shape index (κ2) is 4.18. The van der Waals surface area contributed by atoms with Gasteiger partial charge in [-0.05, 0) is 44.5 Å². The third-order valence-corrected chi connectivity index (χ3v) is 1.88. The van der Waals surface area contributed by atoms with Crippen LogP contribution in [0.1, 0.15) is 29.8 Å². The number of rotatable bonds is 2. The Labute approximate surface area is 83.3 Å². The summed E-state index contributed by atoms with van der Waals surface area (Å²) in [5.74, 6) is -0.511. The van der Waals surface area contributed by atoms with Gasteiger partial charge >= 0.3 is 0 Å². The van der Waals surface area contributed by atoms with Crippen molar-refractivity contribution in [3.63, 3.8) is 0 Å². The Balaban J connectivity index is 3.12. The van der Waals surface area contributed by atoms with E-state index in [2.05, 4.69) is 0 Å². The quantitative estimate of drug-likeness (QED) is 0.519. The molecule has 2 heteroatoms. The van der Waals surface area contributed by atoms with Gasteiger partial charge in [-0.15, -0.1) is 0 Å². The van der Waals surface area contributed by atoms with E-state index >= 15 is 0 Å². The lowest BCUT2D eigenvalue weighted by Gasteiger charge is -2.01. The smallest absolute Gasteiger partial charge is 0.186 e. The molecule has 14 heavy (non-hydrogen) atoms. The van der Waals surface area contributed by atoms with Crippen molar-refractivity contribution in [2.24, 2.45) is 0 Å². The van der Waals surface area contributed by atoms with Crippen molar-refractivity contribution in [2.45, 2.75) is 20.8 Å². The molecule has 0 aliphatic rings.